The van der Waals surface area contributed by atoms with E-state index in [1.165, 1.54) is 7.11 Å². The van der Waals surface area contributed by atoms with E-state index in [4.69, 9.17) is 4.74 Å². The molecule has 0 spiro atoms. The van der Waals surface area contributed by atoms with Crippen LogP contribution >= 0.6 is 15.9 Å². The van der Waals surface area contributed by atoms with E-state index in [-0.39, 0.29) is 5.75 Å². The molecule has 66 valence electrons. The van der Waals surface area contributed by atoms with Crippen LogP contribution in [0.2, 0.25) is 0 Å². The number of ether oxygens (including phenoxy) is 1. The lowest BCUT2D eigenvalue weighted by atomic mass is 10.1. The molecule has 0 radical (unpaired) electrons. The lowest BCUT2D eigenvalue weighted by Crippen LogP contribution is -1.90. The third-order valence-electron chi connectivity index (χ3n) is 1.91. The predicted molar refractivity (Wildman–Crippen MR) is 51.8 cm³/mol. The molecule has 1 aromatic rings. The molecule has 2 nitrogen and oxygen atoms in total. The van der Waals surface area contributed by atoms with Gasteiger partial charge in [0.2, 0.25) is 0 Å². The van der Waals surface area contributed by atoms with Crippen molar-refractivity contribution < 1.29 is 9.84 Å². The summed E-state index contributed by atoms with van der Waals surface area (Å²) in [6.07, 6.45) is 0. The molecule has 0 saturated heterocycles. The number of methoxy groups -OCH3 is 1. The average Bonchev–Trinajstić information content (AvgIpc) is 2.01. The Labute approximate surface area is 80.3 Å². The van der Waals surface area contributed by atoms with Crippen molar-refractivity contribution in [3.8, 4) is 11.5 Å². The summed E-state index contributed by atoms with van der Waals surface area (Å²) >= 11 is 3.36. The van der Waals surface area contributed by atoms with Crippen LogP contribution in [0.1, 0.15) is 11.1 Å². The highest BCUT2D eigenvalue weighted by Crippen LogP contribution is 2.38. The molecule has 1 N–H and O–H groups in total. The van der Waals surface area contributed by atoms with Crippen molar-refractivity contribution in [1.29, 1.82) is 0 Å². The SMILES string of the molecule is COc1c(O)cc(C)c(C)c1Br. The molecule has 0 amide bonds. The number of phenolic OH excluding ortho intramolecular Hbond substituents is 1. The summed E-state index contributed by atoms with van der Waals surface area (Å²) in [6, 6.07) is 1.69. The van der Waals surface area contributed by atoms with Gasteiger partial charge >= 0.3 is 0 Å². The van der Waals surface area contributed by atoms with Crippen LogP contribution in [0.25, 0.3) is 0 Å². The van der Waals surface area contributed by atoms with E-state index in [9.17, 15) is 5.11 Å². The van der Waals surface area contributed by atoms with Crippen LogP contribution in [0.3, 0.4) is 0 Å². The first-order chi connectivity index (χ1) is 5.57. The van der Waals surface area contributed by atoms with Crippen LogP contribution < -0.4 is 4.74 Å². The van der Waals surface area contributed by atoms with Gasteiger partial charge in [-0.3, -0.25) is 0 Å². The fraction of sp³-hybridized carbons (Fsp3) is 0.333. The maximum absolute atomic E-state index is 9.44. The summed E-state index contributed by atoms with van der Waals surface area (Å²) < 4.78 is 5.84. The molecule has 0 aliphatic rings. The first kappa shape index (κ1) is 9.39. The maximum atomic E-state index is 9.44. The Balaban J connectivity index is 3.40. The van der Waals surface area contributed by atoms with Gasteiger partial charge in [0, 0.05) is 0 Å². The standard InChI is InChI=1S/C9H11BrO2/c1-5-4-7(11)9(12-3)8(10)6(5)2/h4,11H,1-3H3. The van der Waals surface area contributed by atoms with Gasteiger partial charge in [-0.15, -0.1) is 0 Å². The molecule has 0 fully saturated rings. The number of aromatic hydroxyl groups is 1. The molecular weight excluding hydrogens is 220 g/mol. The summed E-state index contributed by atoms with van der Waals surface area (Å²) in [5.41, 5.74) is 2.13. The molecule has 1 aromatic carbocycles. The van der Waals surface area contributed by atoms with E-state index in [0.29, 0.717) is 5.75 Å². The summed E-state index contributed by atoms with van der Waals surface area (Å²) in [5.74, 6) is 0.672. The molecule has 0 saturated carbocycles. The molecule has 0 aromatic heterocycles. The fourth-order valence-corrected chi connectivity index (χ4v) is 1.71. The number of halogens is 1. The molecule has 12 heavy (non-hydrogen) atoms. The number of aryl methyl sites for hydroxylation is 1. The molecular formula is C9H11BrO2. The topological polar surface area (TPSA) is 29.5 Å². The van der Waals surface area contributed by atoms with Gasteiger partial charge in [0.15, 0.2) is 11.5 Å². The Bertz CT molecular complexity index is 308. The first-order valence-corrected chi connectivity index (χ1v) is 4.40. The minimum atomic E-state index is 0.174. The highest BCUT2D eigenvalue weighted by molar-refractivity contribution is 9.10. The van der Waals surface area contributed by atoms with Gasteiger partial charge in [-0.1, -0.05) is 0 Å². The Morgan fingerprint density at radius 2 is 2.00 bits per heavy atom. The van der Waals surface area contributed by atoms with Gasteiger partial charge in [-0.2, -0.15) is 0 Å². The number of phenols is 1. The molecule has 0 unspecified atom stereocenters. The lowest BCUT2D eigenvalue weighted by molar-refractivity contribution is 0.370. The molecule has 0 aliphatic carbocycles. The van der Waals surface area contributed by atoms with E-state index in [2.05, 4.69) is 15.9 Å². The van der Waals surface area contributed by atoms with Crippen LogP contribution in [-0.2, 0) is 0 Å². The van der Waals surface area contributed by atoms with Gasteiger partial charge in [-0.25, -0.2) is 0 Å². The largest absolute Gasteiger partial charge is 0.504 e. The average molecular weight is 231 g/mol. The van der Waals surface area contributed by atoms with Crippen molar-refractivity contribution in [1.82, 2.24) is 0 Å². The zero-order valence-corrected chi connectivity index (χ0v) is 8.90. The van der Waals surface area contributed by atoms with E-state index < -0.39 is 0 Å². The second kappa shape index (κ2) is 3.35. The third kappa shape index (κ3) is 1.41. The van der Waals surface area contributed by atoms with Crippen molar-refractivity contribution in [3.63, 3.8) is 0 Å². The highest BCUT2D eigenvalue weighted by Gasteiger charge is 2.10. The van der Waals surface area contributed by atoms with Crippen LogP contribution in [0.15, 0.2) is 10.5 Å². The van der Waals surface area contributed by atoms with E-state index in [1.807, 2.05) is 13.8 Å². The van der Waals surface area contributed by atoms with Gasteiger partial charge in [-0.05, 0) is 47.0 Å². The predicted octanol–water partition coefficient (Wildman–Crippen LogP) is 2.78. The van der Waals surface area contributed by atoms with Gasteiger partial charge in [0.05, 0.1) is 11.6 Å². The van der Waals surface area contributed by atoms with Crippen molar-refractivity contribution in [3.05, 3.63) is 21.7 Å². The number of hydrogen-bond donors (Lipinski definition) is 1. The van der Waals surface area contributed by atoms with Crippen molar-refractivity contribution in [2.75, 3.05) is 7.11 Å². The summed E-state index contributed by atoms with van der Waals surface area (Å²) in [7, 11) is 1.54. The zero-order chi connectivity index (χ0) is 9.30. The van der Waals surface area contributed by atoms with Crippen LogP contribution in [0, 0.1) is 13.8 Å². The highest BCUT2D eigenvalue weighted by atomic mass is 79.9. The zero-order valence-electron chi connectivity index (χ0n) is 7.31. The Morgan fingerprint density at radius 1 is 1.42 bits per heavy atom. The van der Waals surface area contributed by atoms with Crippen molar-refractivity contribution >= 4 is 15.9 Å². The maximum Gasteiger partial charge on any atom is 0.174 e. The monoisotopic (exact) mass is 230 g/mol. The minimum absolute atomic E-state index is 0.174. The Morgan fingerprint density at radius 3 is 2.50 bits per heavy atom. The number of benzene rings is 1. The van der Waals surface area contributed by atoms with Gasteiger partial charge in [0.25, 0.3) is 0 Å². The van der Waals surface area contributed by atoms with Gasteiger partial charge < -0.3 is 9.84 Å². The van der Waals surface area contributed by atoms with E-state index >= 15 is 0 Å². The van der Waals surface area contributed by atoms with Crippen LogP contribution in [-0.4, -0.2) is 12.2 Å². The quantitative estimate of drug-likeness (QED) is 0.805. The van der Waals surface area contributed by atoms with Gasteiger partial charge in [0.1, 0.15) is 0 Å². The minimum Gasteiger partial charge on any atom is -0.504 e. The smallest absolute Gasteiger partial charge is 0.174 e. The second-order valence-electron chi connectivity index (χ2n) is 2.68. The molecule has 3 heteroatoms. The molecule has 0 bridgehead atoms. The van der Waals surface area contributed by atoms with Crippen molar-refractivity contribution in [2.24, 2.45) is 0 Å². The van der Waals surface area contributed by atoms with E-state index in [1.54, 1.807) is 6.07 Å². The second-order valence-corrected chi connectivity index (χ2v) is 3.48. The molecule has 0 aliphatic heterocycles. The molecule has 0 heterocycles. The molecule has 1 rings (SSSR count). The fourth-order valence-electron chi connectivity index (χ4n) is 1.03. The lowest BCUT2D eigenvalue weighted by Gasteiger charge is -2.10. The van der Waals surface area contributed by atoms with Crippen molar-refractivity contribution in [2.45, 2.75) is 13.8 Å². The van der Waals surface area contributed by atoms with E-state index in [0.717, 1.165) is 15.6 Å². The number of rotatable bonds is 1. The summed E-state index contributed by atoms with van der Waals surface area (Å²) in [4.78, 5) is 0. The molecule has 0 atom stereocenters. The normalized spacial score (nSPS) is 10.0. The van der Waals surface area contributed by atoms with Crippen LogP contribution in [0.5, 0.6) is 11.5 Å². The summed E-state index contributed by atoms with van der Waals surface area (Å²) in [6.45, 7) is 3.92. The number of hydrogen-bond acceptors (Lipinski definition) is 2. The summed E-state index contributed by atoms with van der Waals surface area (Å²) in [5, 5.41) is 9.44. The Hall–Kier alpha value is -0.700. The Kier molecular flexibility index (Phi) is 2.62. The third-order valence-corrected chi connectivity index (χ3v) is 2.86. The first-order valence-electron chi connectivity index (χ1n) is 3.60. The van der Waals surface area contributed by atoms with Crippen LogP contribution in [0.4, 0.5) is 0 Å².